The normalized spacial score (nSPS) is 11.5. The summed E-state index contributed by atoms with van der Waals surface area (Å²) in [4.78, 5) is 0.492. The van der Waals surface area contributed by atoms with Crippen molar-refractivity contribution in [2.24, 2.45) is 0 Å². The molecule has 1 aromatic carbocycles. The molecule has 0 aromatic heterocycles. The van der Waals surface area contributed by atoms with Gasteiger partial charge in [-0.2, -0.15) is 14.0 Å². The average Bonchev–Trinajstić information content (AvgIpc) is 2.17. The first kappa shape index (κ1) is 12.0. The predicted octanol–water partition coefficient (Wildman–Crippen LogP) is 3.80. The molecule has 80 valence electrons. The van der Waals surface area contributed by atoms with Crippen molar-refractivity contribution in [2.75, 3.05) is 0 Å². The van der Waals surface area contributed by atoms with Gasteiger partial charge >= 0.3 is 0 Å². The van der Waals surface area contributed by atoms with Crippen molar-refractivity contribution in [2.45, 2.75) is 29.9 Å². The van der Waals surface area contributed by atoms with E-state index in [9.17, 15) is 8.78 Å². The molecular formula is C11H11F2NS. The number of hydrogen-bond donors (Lipinski definition) is 0. The summed E-state index contributed by atoms with van der Waals surface area (Å²) in [5.41, 5.74) is 0.120. The molecule has 0 aliphatic rings. The number of nitriles is 1. The first-order chi connectivity index (χ1) is 6.95. The second-order valence-corrected chi connectivity index (χ2v) is 4.71. The summed E-state index contributed by atoms with van der Waals surface area (Å²) in [5, 5.41) is 8.92. The lowest BCUT2D eigenvalue weighted by Crippen LogP contribution is -2.13. The third-order valence-corrected chi connectivity index (χ3v) is 2.76. The Kier molecular flexibility index (Phi) is 3.70. The lowest BCUT2D eigenvalue weighted by atomic mass is 9.86. The number of alkyl halides is 2. The second kappa shape index (κ2) is 4.63. The van der Waals surface area contributed by atoms with Crippen LogP contribution >= 0.6 is 11.8 Å². The number of benzene rings is 1. The van der Waals surface area contributed by atoms with Crippen LogP contribution in [0.4, 0.5) is 8.78 Å². The van der Waals surface area contributed by atoms with E-state index in [4.69, 9.17) is 5.26 Å². The molecule has 0 N–H and O–H groups in total. The number of rotatable bonds is 3. The van der Waals surface area contributed by atoms with E-state index in [2.05, 4.69) is 6.07 Å². The maximum Gasteiger partial charge on any atom is 0.288 e. The zero-order chi connectivity index (χ0) is 11.5. The number of thioether (sulfide) groups is 1. The summed E-state index contributed by atoms with van der Waals surface area (Å²) in [6, 6.07) is 8.87. The van der Waals surface area contributed by atoms with Gasteiger partial charge in [-0.15, -0.1) is 0 Å². The molecule has 1 nitrogen and oxygen atoms in total. The van der Waals surface area contributed by atoms with Crippen molar-refractivity contribution in [3.8, 4) is 6.07 Å². The van der Waals surface area contributed by atoms with Gasteiger partial charge in [-0.05, 0) is 31.5 Å². The molecule has 1 rings (SSSR count). The largest absolute Gasteiger partial charge is 0.288 e. The van der Waals surface area contributed by atoms with Gasteiger partial charge in [0.15, 0.2) is 0 Å². The van der Waals surface area contributed by atoms with Crippen molar-refractivity contribution >= 4 is 11.8 Å². The molecule has 0 bridgehead atoms. The molecule has 0 aliphatic heterocycles. The van der Waals surface area contributed by atoms with Crippen LogP contribution in [0.25, 0.3) is 0 Å². The van der Waals surface area contributed by atoms with E-state index < -0.39 is 11.2 Å². The van der Waals surface area contributed by atoms with Gasteiger partial charge in [-0.3, -0.25) is 0 Å². The highest BCUT2D eigenvalue weighted by molar-refractivity contribution is 7.99. The molecule has 1 aromatic rings. The lowest BCUT2D eigenvalue weighted by Gasteiger charge is -2.16. The number of halogens is 2. The maximum atomic E-state index is 12.1. The molecule has 4 heteroatoms. The Balaban J connectivity index is 2.99. The van der Waals surface area contributed by atoms with Crippen molar-refractivity contribution in [3.63, 3.8) is 0 Å². The Bertz CT molecular complexity index is 382. The van der Waals surface area contributed by atoms with Gasteiger partial charge in [0, 0.05) is 4.90 Å². The molecular weight excluding hydrogens is 216 g/mol. The fraction of sp³-hybridized carbons (Fsp3) is 0.364. The van der Waals surface area contributed by atoms with Gasteiger partial charge in [0.05, 0.1) is 11.5 Å². The smallest absolute Gasteiger partial charge is 0.198 e. The monoisotopic (exact) mass is 227 g/mol. The Hall–Kier alpha value is -1.08. The van der Waals surface area contributed by atoms with E-state index in [1.54, 1.807) is 38.1 Å². The van der Waals surface area contributed by atoms with Gasteiger partial charge in [-0.1, -0.05) is 23.9 Å². The minimum Gasteiger partial charge on any atom is -0.198 e. The summed E-state index contributed by atoms with van der Waals surface area (Å²) in [6.45, 7) is 3.53. The maximum absolute atomic E-state index is 12.1. The SMILES string of the molecule is CC(C)(C#N)c1cccc(SC(F)F)c1. The zero-order valence-electron chi connectivity index (χ0n) is 8.50. The molecule has 0 unspecified atom stereocenters. The fourth-order valence-electron chi connectivity index (χ4n) is 1.13. The van der Waals surface area contributed by atoms with Crippen molar-refractivity contribution in [1.82, 2.24) is 0 Å². The van der Waals surface area contributed by atoms with Crippen LogP contribution in [-0.4, -0.2) is 5.76 Å². The highest BCUT2D eigenvalue weighted by Crippen LogP contribution is 2.29. The van der Waals surface area contributed by atoms with Crippen LogP contribution in [0.3, 0.4) is 0 Å². The van der Waals surface area contributed by atoms with Gasteiger partial charge in [0.2, 0.25) is 0 Å². The molecule has 0 heterocycles. The van der Waals surface area contributed by atoms with Crippen LogP contribution in [0.5, 0.6) is 0 Å². The van der Waals surface area contributed by atoms with Gasteiger partial charge in [-0.25, -0.2) is 0 Å². The van der Waals surface area contributed by atoms with Crippen molar-refractivity contribution in [1.29, 1.82) is 5.26 Å². The minimum absolute atomic E-state index is 0.492. The van der Waals surface area contributed by atoms with Crippen LogP contribution in [-0.2, 0) is 5.41 Å². The molecule has 0 amide bonds. The lowest BCUT2D eigenvalue weighted by molar-refractivity contribution is 0.252. The van der Waals surface area contributed by atoms with E-state index >= 15 is 0 Å². The van der Waals surface area contributed by atoms with E-state index in [0.29, 0.717) is 16.7 Å². The van der Waals surface area contributed by atoms with Crippen LogP contribution in [0.1, 0.15) is 19.4 Å². The summed E-state index contributed by atoms with van der Waals surface area (Å²) >= 11 is 0.496. The van der Waals surface area contributed by atoms with E-state index in [0.717, 1.165) is 5.56 Å². The molecule has 0 saturated heterocycles. The first-order valence-electron chi connectivity index (χ1n) is 4.42. The molecule has 0 atom stereocenters. The predicted molar refractivity (Wildman–Crippen MR) is 56.9 cm³/mol. The standard InChI is InChI=1S/C11H11F2NS/c1-11(2,7-14)8-4-3-5-9(6-8)15-10(12)13/h3-6,10H,1-2H3. The molecule has 0 aliphatic carbocycles. The van der Waals surface area contributed by atoms with Crippen LogP contribution in [0, 0.1) is 11.3 Å². The summed E-state index contributed by atoms with van der Waals surface area (Å²) in [6.07, 6.45) is 0. The van der Waals surface area contributed by atoms with Crippen LogP contribution < -0.4 is 0 Å². The molecule has 0 radical (unpaired) electrons. The second-order valence-electron chi connectivity index (χ2n) is 3.64. The molecule has 0 fully saturated rings. The van der Waals surface area contributed by atoms with E-state index in [1.165, 1.54) is 0 Å². The van der Waals surface area contributed by atoms with E-state index in [1.807, 2.05) is 0 Å². The summed E-state index contributed by atoms with van der Waals surface area (Å²) < 4.78 is 24.3. The topological polar surface area (TPSA) is 23.8 Å². The van der Waals surface area contributed by atoms with Crippen molar-refractivity contribution in [3.05, 3.63) is 29.8 Å². The summed E-state index contributed by atoms with van der Waals surface area (Å²) in [5.74, 6) is -2.43. The van der Waals surface area contributed by atoms with E-state index in [-0.39, 0.29) is 0 Å². The zero-order valence-corrected chi connectivity index (χ0v) is 9.31. The molecule has 15 heavy (non-hydrogen) atoms. The Morgan fingerprint density at radius 3 is 2.60 bits per heavy atom. The third-order valence-electron chi connectivity index (χ3n) is 2.06. The quantitative estimate of drug-likeness (QED) is 0.733. The summed E-state index contributed by atoms with van der Waals surface area (Å²) in [7, 11) is 0. The highest BCUT2D eigenvalue weighted by Gasteiger charge is 2.20. The first-order valence-corrected chi connectivity index (χ1v) is 5.30. The Morgan fingerprint density at radius 1 is 1.40 bits per heavy atom. The van der Waals surface area contributed by atoms with Crippen LogP contribution in [0.2, 0.25) is 0 Å². The number of hydrogen-bond acceptors (Lipinski definition) is 2. The highest BCUT2D eigenvalue weighted by atomic mass is 32.2. The van der Waals surface area contributed by atoms with Crippen molar-refractivity contribution < 1.29 is 8.78 Å². The minimum atomic E-state index is -2.43. The number of nitrogens with zero attached hydrogens (tertiary/aromatic N) is 1. The molecule has 0 saturated carbocycles. The van der Waals surface area contributed by atoms with Gasteiger partial charge in [0.1, 0.15) is 0 Å². The fourth-order valence-corrected chi connectivity index (χ4v) is 1.68. The van der Waals surface area contributed by atoms with Gasteiger partial charge < -0.3 is 0 Å². The third kappa shape index (κ3) is 3.21. The van der Waals surface area contributed by atoms with Crippen LogP contribution in [0.15, 0.2) is 29.2 Å². The Morgan fingerprint density at radius 2 is 2.07 bits per heavy atom. The average molecular weight is 227 g/mol. The Labute approximate surface area is 92.1 Å². The van der Waals surface area contributed by atoms with Gasteiger partial charge in [0.25, 0.3) is 5.76 Å². The molecule has 0 spiro atoms.